The minimum Gasteiger partial charge on any atom is -0.356 e. The van der Waals surface area contributed by atoms with Crippen LogP contribution in [0, 0.1) is 60.6 Å². The van der Waals surface area contributed by atoms with Gasteiger partial charge in [0, 0.05) is 163 Å². The number of hydrogen-bond acceptors (Lipinski definition) is 14. The van der Waals surface area contributed by atoms with E-state index in [9.17, 15) is 37.2 Å². The van der Waals surface area contributed by atoms with Crippen molar-refractivity contribution in [3.05, 3.63) is 36.4 Å². The molecule has 0 aliphatic carbocycles. The van der Waals surface area contributed by atoms with Gasteiger partial charge in [0.05, 0.1) is 14.2 Å². The number of likely N-dealkylation sites (N-methyl/N-ethyl adjacent to an activating group) is 2. The lowest BCUT2D eigenvalue weighted by Crippen LogP contribution is -2.47. The van der Waals surface area contributed by atoms with Crippen molar-refractivity contribution in [3.8, 4) is 0 Å². The summed E-state index contributed by atoms with van der Waals surface area (Å²) in [5, 5.41) is 2.90. The molecule has 4 saturated heterocycles. The molecule has 2 atom stereocenters. The highest BCUT2D eigenvalue weighted by molar-refractivity contribution is 7.80. The Balaban J connectivity index is -0.000000188. The van der Waals surface area contributed by atoms with Crippen molar-refractivity contribution in [3.63, 3.8) is 0 Å². The molecule has 5 rings (SSSR count). The molecule has 0 radical (unpaired) electrons. The number of piperidine rings is 2. The molecule has 4 aliphatic heterocycles. The highest BCUT2D eigenvalue weighted by Crippen LogP contribution is 2.27. The van der Waals surface area contributed by atoms with Gasteiger partial charge in [-0.2, -0.15) is 0 Å². The van der Waals surface area contributed by atoms with E-state index in [1.54, 1.807) is 30.8 Å². The Morgan fingerprint density at radius 1 is 0.348 bits per heavy atom. The average Bonchev–Trinajstić information content (AvgIpc) is 0.888. The zero-order chi connectivity index (χ0) is 109. The normalized spacial score (nSPS) is 14.8. The van der Waals surface area contributed by atoms with Gasteiger partial charge in [0.25, 0.3) is 0 Å². The van der Waals surface area contributed by atoms with E-state index in [0.29, 0.717) is 68.7 Å². The first-order valence-electron chi connectivity index (χ1n) is 54.3. The largest absolute Gasteiger partial charge is 0.356 e. The lowest BCUT2D eigenvalue weighted by molar-refractivity contribution is -0.134. The van der Waals surface area contributed by atoms with Crippen molar-refractivity contribution in [2.24, 2.45) is 60.6 Å². The molecule has 0 saturated carbocycles. The van der Waals surface area contributed by atoms with E-state index in [-0.39, 0.29) is 51.7 Å². The van der Waals surface area contributed by atoms with Gasteiger partial charge in [0.1, 0.15) is 0 Å². The van der Waals surface area contributed by atoms with Crippen LogP contribution in [0.2, 0.25) is 0 Å². The maximum absolute atomic E-state index is 11.9. The van der Waals surface area contributed by atoms with Crippen LogP contribution < -0.4 is 5.32 Å². The molecule has 4 fully saturated rings. The topological polar surface area (TPSA) is 196 Å². The summed E-state index contributed by atoms with van der Waals surface area (Å²) in [6, 6.07) is 12.0. The number of hydrogen-bond donors (Lipinski definition) is 1. The molecule has 1 N–H and O–H groups in total. The Morgan fingerprint density at radius 3 is 0.891 bits per heavy atom. The summed E-state index contributed by atoms with van der Waals surface area (Å²) < 4.78 is 29.5. The second-order valence-corrected chi connectivity index (χ2v) is 52.7. The van der Waals surface area contributed by atoms with Gasteiger partial charge in [-0.15, -0.1) is 0 Å². The third kappa shape index (κ3) is 128. The molecule has 828 valence electrons. The summed E-state index contributed by atoms with van der Waals surface area (Å²) in [6.45, 7) is 103. The average molecular weight is 2000 g/mol. The summed E-state index contributed by atoms with van der Waals surface area (Å²) in [4.78, 5) is 87.3. The molecule has 2 unspecified atom stereocenters. The summed E-state index contributed by atoms with van der Waals surface area (Å²) >= 11 is -2.05. The standard InChI is InChI=1S/C12H24N2O.C12H26N2.C12H23NO.C12H25N.C11H23NO.C10H21NO.2C9H19NO.C7H16.C6H6.2C4H10O2S.2C4H10/c1-12(2,3)6-5-11(15)14-9-7-13(4)8-10-14;1-12(2,3)6-5-7-14-10-8-13(4)9-11-14;1-12(2,3)8-7-11(14)13-9-5-4-6-10-13;1-12(2,3)8-7-11-13-9-5-4-6-10-13;1-9(2)10(13)12(6)8-7-11(3,4)5;1-8(2)9(12)11-7-6-10(3,4)5;1-9(2,3)7-6-8(11)10(4)5;1-8(11)10(5)7-6-9(2,3)4;1-5-6-7(2,3)4;1-2-4-6-5-3-1;2*1-3-4-7(5)6-2;2*1-3-4-2/h5-10H2,1-4H3;5-11H2,1-4H3;4-10H2,1-3H3;4-11H2,1-3H3;9H,7-8H2,1-6H3;8H,6-7H2,1-5H3,(H,11,12);2*6-7H2,1-5H3;5-6H2,1-4H3;1-6H;2*3-4H2,1-2H3;2*3-4H2,1-2H3. The van der Waals surface area contributed by atoms with Crippen LogP contribution in [0.25, 0.3) is 0 Å². The van der Waals surface area contributed by atoms with E-state index in [1.165, 1.54) is 169 Å². The molecule has 6 amide bonds. The quantitative estimate of drug-likeness (QED) is 0.0795. The maximum atomic E-state index is 11.9. The van der Waals surface area contributed by atoms with Crippen molar-refractivity contribution in [2.45, 2.75) is 443 Å². The number of benzene rings is 1. The summed E-state index contributed by atoms with van der Waals surface area (Å²) in [5.74, 6) is 2.97. The number of nitrogens with one attached hydrogen (secondary N) is 1. The number of likely N-dealkylation sites (tertiary alicyclic amines) is 2. The van der Waals surface area contributed by atoms with Crippen LogP contribution in [0.4, 0.5) is 0 Å². The van der Waals surface area contributed by atoms with Gasteiger partial charge in [-0.25, -0.2) is 8.42 Å². The SMILES string of the molecule is CC(=O)N(C)CCC(C)(C)C.CC(C)(C)CCC(=O)N1CCCCC1.CC(C)(C)CCCN1CCCCC1.CC(C)C(=O)N(C)CCC(C)(C)C.CC(C)C(=O)NCCC(C)(C)C.CCCC.CCCC.CCCC(C)(C)C.CCCS(=O)OC.CCCS(=O)OC.CN(C)C(=O)CCC(C)(C)C.CN1CCN(C(=O)CCC(C)(C)C)CC1.CN1CCN(CCCC(C)(C)C)CC1.c1ccccc1. The van der Waals surface area contributed by atoms with E-state index in [4.69, 9.17) is 0 Å². The van der Waals surface area contributed by atoms with Crippen LogP contribution in [-0.2, 0) is 59.3 Å². The number of carbonyl (C=O) groups is 6. The molecule has 0 bridgehead atoms. The molecule has 0 aromatic heterocycles. The van der Waals surface area contributed by atoms with E-state index in [2.05, 4.69) is 269 Å². The van der Waals surface area contributed by atoms with Gasteiger partial charge in [-0.05, 0) is 205 Å². The lowest BCUT2D eigenvalue weighted by atomic mass is 9.90. The fourth-order valence-electron chi connectivity index (χ4n) is 12.2. The molecule has 22 heteroatoms. The number of carbonyl (C=O) groups excluding carboxylic acids is 6. The van der Waals surface area contributed by atoms with Gasteiger partial charge >= 0.3 is 0 Å². The Kier molecular flexibility index (Phi) is 97.2. The molecule has 138 heavy (non-hydrogen) atoms. The van der Waals surface area contributed by atoms with Crippen molar-refractivity contribution < 1.29 is 45.6 Å². The van der Waals surface area contributed by atoms with Gasteiger partial charge in [0.2, 0.25) is 35.4 Å². The van der Waals surface area contributed by atoms with E-state index < -0.39 is 22.2 Å². The molecule has 4 aliphatic rings. The Hall–Kier alpha value is -3.90. The number of rotatable bonds is 29. The molecule has 4 heterocycles. The van der Waals surface area contributed by atoms with Crippen molar-refractivity contribution in [2.75, 3.05) is 179 Å². The van der Waals surface area contributed by atoms with Crippen LogP contribution >= 0.6 is 0 Å². The Labute approximate surface area is 866 Å². The van der Waals surface area contributed by atoms with Gasteiger partial charge in [-0.3, -0.25) is 37.1 Å². The smallest absolute Gasteiger partial charge is 0.224 e. The zero-order valence-corrected chi connectivity index (χ0v) is 103. The van der Waals surface area contributed by atoms with Crippen molar-refractivity contribution in [1.29, 1.82) is 0 Å². The van der Waals surface area contributed by atoms with Gasteiger partial charge in [-0.1, -0.05) is 338 Å². The van der Waals surface area contributed by atoms with E-state index in [1.807, 2.05) is 107 Å². The Morgan fingerprint density at radius 2 is 0.638 bits per heavy atom. The molecule has 20 nitrogen and oxygen atoms in total. The fraction of sp³-hybridized carbons (Fsp3) is 0.897. The third-order valence-corrected chi connectivity index (χ3v) is 24.7. The van der Waals surface area contributed by atoms with Crippen LogP contribution in [0.5, 0.6) is 0 Å². The number of amides is 6. The monoisotopic (exact) mass is 2000 g/mol. The minimum atomic E-state index is -1.03. The molecular formula is C116H242N10O10S2. The molecule has 0 spiro atoms. The fourth-order valence-corrected chi connectivity index (χ4v) is 13.2. The van der Waals surface area contributed by atoms with Crippen molar-refractivity contribution >= 4 is 57.6 Å². The second kappa shape index (κ2) is 88.4. The van der Waals surface area contributed by atoms with Crippen LogP contribution in [-0.4, -0.2) is 267 Å². The van der Waals surface area contributed by atoms with Crippen molar-refractivity contribution in [1.82, 2.24) is 49.4 Å². The highest BCUT2D eigenvalue weighted by atomic mass is 32.2. The van der Waals surface area contributed by atoms with Gasteiger partial charge in [0.15, 0.2) is 22.2 Å². The number of nitrogens with zero attached hydrogens (tertiary/aromatic N) is 9. The van der Waals surface area contributed by atoms with E-state index in [0.717, 1.165) is 117 Å². The number of unbranched alkanes of at least 4 members (excludes halogenated alkanes) is 2. The predicted octanol–water partition coefficient (Wildman–Crippen LogP) is 27.8. The third-order valence-electron chi connectivity index (χ3n) is 22.5. The van der Waals surface area contributed by atoms with Crippen LogP contribution in [0.15, 0.2) is 36.4 Å². The van der Waals surface area contributed by atoms with Gasteiger partial charge < -0.3 is 49.4 Å². The zero-order valence-electron chi connectivity index (χ0n) is 101. The first-order chi connectivity index (χ1) is 63.1. The summed E-state index contributed by atoms with van der Waals surface area (Å²) in [5.41, 5.74) is 3.34. The molecule has 1 aromatic rings. The first kappa shape index (κ1) is 152. The molecular weight excluding hydrogens is 1760 g/mol. The van der Waals surface area contributed by atoms with Crippen LogP contribution in [0.1, 0.15) is 443 Å². The predicted molar refractivity (Wildman–Crippen MR) is 609 cm³/mol. The lowest BCUT2D eigenvalue weighted by Gasteiger charge is -2.33. The summed E-state index contributed by atoms with van der Waals surface area (Å²) in [6.07, 6.45) is 31.4. The second-order valence-electron chi connectivity index (χ2n) is 50.0. The summed E-state index contributed by atoms with van der Waals surface area (Å²) in [7, 11) is 14.5. The highest BCUT2D eigenvalue weighted by Gasteiger charge is 2.25. The first-order valence-corrected chi connectivity index (χ1v) is 56.8. The van der Waals surface area contributed by atoms with E-state index >= 15 is 0 Å². The number of piperazine rings is 2. The Bertz CT molecular complexity index is 2940. The maximum Gasteiger partial charge on any atom is 0.224 e. The molecule has 1 aromatic carbocycles. The van der Waals surface area contributed by atoms with Crippen LogP contribution in [0.3, 0.4) is 0 Å². The minimum absolute atomic E-state index is 0.102.